The molecule has 0 spiro atoms. The molecule has 6 heteroatoms. The zero-order valence-electron chi connectivity index (χ0n) is 43.1. The number of carbonyl (C=O) groups excluding carboxylic acids is 3. The first-order valence-corrected chi connectivity index (χ1v) is 28.3. The lowest BCUT2D eigenvalue weighted by Gasteiger charge is -2.18. The van der Waals surface area contributed by atoms with Gasteiger partial charge in [0.1, 0.15) is 13.2 Å². The van der Waals surface area contributed by atoms with E-state index in [1.807, 2.05) is 0 Å². The second-order valence-corrected chi connectivity index (χ2v) is 19.2. The molecule has 0 heterocycles. The number of allylic oxidation sites excluding steroid dienone is 4. The molecule has 0 fully saturated rings. The molecule has 0 N–H and O–H groups in total. The van der Waals surface area contributed by atoms with Crippen molar-refractivity contribution < 1.29 is 28.6 Å². The first kappa shape index (κ1) is 61.9. The number of carbonyl (C=O) groups is 3. The normalized spacial score (nSPS) is 12.1. The first-order chi connectivity index (χ1) is 31.5. The summed E-state index contributed by atoms with van der Waals surface area (Å²) < 4.78 is 16.9. The van der Waals surface area contributed by atoms with E-state index in [-0.39, 0.29) is 31.1 Å². The highest BCUT2D eigenvalue weighted by Gasteiger charge is 2.19. The maximum absolute atomic E-state index is 12.8. The van der Waals surface area contributed by atoms with Crippen molar-refractivity contribution in [1.82, 2.24) is 0 Å². The van der Waals surface area contributed by atoms with Gasteiger partial charge in [-0.15, -0.1) is 0 Å². The summed E-state index contributed by atoms with van der Waals surface area (Å²) in [6.07, 6.45) is 61.6. The average molecular weight is 901 g/mol. The van der Waals surface area contributed by atoms with E-state index in [1.54, 1.807) is 0 Å². The standard InChI is InChI=1S/C58H108O6/c1-4-7-10-13-16-19-22-25-28-30-33-36-39-42-45-48-51-57(60)63-54-55(53-62-56(59)50-47-44-41-38-35-32-27-24-21-18-15-12-9-6-3)64-58(61)52-49-46-43-40-37-34-31-29-26-23-20-17-14-11-8-5-2/h15,18,24,27,55H,4-14,16-17,19-23,25-26,28-54H2,1-3H3/b18-15+,27-24+/t55-/m1/s1. The molecule has 0 aliphatic heterocycles. The number of hydrogen-bond acceptors (Lipinski definition) is 6. The zero-order chi connectivity index (χ0) is 46.5. The minimum absolute atomic E-state index is 0.0702. The average Bonchev–Trinajstić information content (AvgIpc) is 3.29. The third-order valence-corrected chi connectivity index (χ3v) is 12.7. The summed E-state index contributed by atoms with van der Waals surface area (Å²) in [6, 6.07) is 0. The number of hydrogen-bond donors (Lipinski definition) is 0. The van der Waals surface area contributed by atoms with Crippen LogP contribution in [0.3, 0.4) is 0 Å². The maximum Gasteiger partial charge on any atom is 0.306 e. The largest absolute Gasteiger partial charge is 0.462 e. The van der Waals surface area contributed by atoms with Gasteiger partial charge in [-0.1, -0.05) is 270 Å². The van der Waals surface area contributed by atoms with E-state index >= 15 is 0 Å². The Labute approximate surface area is 398 Å². The van der Waals surface area contributed by atoms with Crippen LogP contribution in [0, 0.1) is 0 Å². The van der Waals surface area contributed by atoms with Crippen LogP contribution in [0.4, 0.5) is 0 Å². The Kier molecular flexibility index (Phi) is 51.7. The highest BCUT2D eigenvalue weighted by atomic mass is 16.6. The second-order valence-electron chi connectivity index (χ2n) is 19.2. The van der Waals surface area contributed by atoms with E-state index in [9.17, 15) is 14.4 Å². The molecule has 64 heavy (non-hydrogen) atoms. The van der Waals surface area contributed by atoms with Crippen LogP contribution in [-0.2, 0) is 28.6 Å². The van der Waals surface area contributed by atoms with E-state index < -0.39 is 6.10 Å². The molecule has 0 rings (SSSR count). The lowest BCUT2D eigenvalue weighted by Crippen LogP contribution is -2.30. The quantitative estimate of drug-likeness (QED) is 0.0262. The molecule has 6 nitrogen and oxygen atoms in total. The van der Waals surface area contributed by atoms with Crippen LogP contribution in [0.1, 0.15) is 310 Å². The number of rotatable bonds is 52. The number of unbranched alkanes of at least 4 members (excludes halogenated alkanes) is 37. The van der Waals surface area contributed by atoms with E-state index in [4.69, 9.17) is 14.2 Å². The Morgan fingerprint density at radius 2 is 0.578 bits per heavy atom. The summed E-state index contributed by atoms with van der Waals surface area (Å²) in [6.45, 7) is 6.64. The first-order valence-electron chi connectivity index (χ1n) is 28.3. The van der Waals surface area contributed by atoms with E-state index in [0.29, 0.717) is 19.3 Å². The van der Waals surface area contributed by atoms with Crippen molar-refractivity contribution in [1.29, 1.82) is 0 Å². The van der Waals surface area contributed by atoms with Gasteiger partial charge < -0.3 is 14.2 Å². The predicted molar refractivity (Wildman–Crippen MR) is 275 cm³/mol. The Bertz CT molecular complexity index is 1040. The summed E-state index contributed by atoms with van der Waals surface area (Å²) >= 11 is 0. The maximum atomic E-state index is 12.8. The van der Waals surface area contributed by atoms with Crippen molar-refractivity contribution >= 4 is 17.9 Å². The molecule has 0 saturated heterocycles. The predicted octanol–water partition coefficient (Wildman–Crippen LogP) is 18.7. The molecule has 0 unspecified atom stereocenters. The van der Waals surface area contributed by atoms with Crippen molar-refractivity contribution in [2.75, 3.05) is 13.2 Å². The number of esters is 3. The summed E-state index contributed by atoms with van der Waals surface area (Å²) in [5.41, 5.74) is 0. The fraction of sp³-hybridized carbons (Fsp3) is 0.879. The van der Waals surface area contributed by atoms with Gasteiger partial charge in [-0.05, 0) is 44.9 Å². The third-order valence-electron chi connectivity index (χ3n) is 12.7. The van der Waals surface area contributed by atoms with Crippen molar-refractivity contribution in [3.63, 3.8) is 0 Å². The SMILES string of the molecule is CCCC/C=C/C/C=C/CCCCCCCC(=O)OC[C@H](COC(=O)CCCCCCCCCCCCCCCCCC)OC(=O)CCCCCCCCCCCCCCCCCC. The summed E-state index contributed by atoms with van der Waals surface area (Å²) in [5, 5.41) is 0. The molecule has 0 aromatic heterocycles. The molecule has 0 bridgehead atoms. The molecular formula is C58H108O6. The topological polar surface area (TPSA) is 78.9 Å². The van der Waals surface area contributed by atoms with Gasteiger partial charge in [-0.3, -0.25) is 14.4 Å². The van der Waals surface area contributed by atoms with Crippen LogP contribution in [-0.4, -0.2) is 37.2 Å². The van der Waals surface area contributed by atoms with Crippen LogP contribution in [0.5, 0.6) is 0 Å². The Balaban J connectivity index is 4.34. The van der Waals surface area contributed by atoms with Crippen LogP contribution in [0.25, 0.3) is 0 Å². The van der Waals surface area contributed by atoms with E-state index in [2.05, 4.69) is 45.1 Å². The van der Waals surface area contributed by atoms with Crippen molar-refractivity contribution in [3.05, 3.63) is 24.3 Å². The lowest BCUT2D eigenvalue weighted by atomic mass is 10.0. The highest BCUT2D eigenvalue weighted by Crippen LogP contribution is 2.17. The summed E-state index contributed by atoms with van der Waals surface area (Å²) in [7, 11) is 0. The molecule has 1 atom stereocenters. The summed E-state index contributed by atoms with van der Waals surface area (Å²) in [4.78, 5) is 38.1. The molecule has 0 radical (unpaired) electrons. The molecule has 0 aromatic rings. The Morgan fingerprint density at radius 1 is 0.312 bits per heavy atom. The van der Waals surface area contributed by atoms with Gasteiger partial charge in [0, 0.05) is 19.3 Å². The molecule has 0 aromatic carbocycles. The number of ether oxygens (including phenoxy) is 3. The molecule has 0 aliphatic rings. The van der Waals surface area contributed by atoms with Gasteiger partial charge in [0.2, 0.25) is 0 Å². The van der Waals surface area contributed by atoms with E-state index in [1.165, 1.54) is 193 Å². The molecule has 376 valence electrons. The van der Waals surface area contributed by atoms with Crippen LogP contribution < -0.4 is 0 Å². The lowest BCUT2D eigenvalue weighted by molar-refractivity contribution is -0.167. The molecule has 0 saturated carbocycles. The van der Waals surface area contributed by atoms with Gasteiger partial charge in [0.05, 0.1) is 0 Å². The van der Waals surface area contributed by atoms with Crippen LogP contribution in [0.2, 0.25) is 0 Å². The molecular weight excluding hydrogens is 793 g/mol. The van der Waals surface area contributed by atoms with E-state index in [0.717, 1.165) is 77.0 Å². The minimum atomic E-state index is -0.771. The van der Waals surface area contributed by atoms with Crippen LogP contribution >= 0.6 is 0 Å². The third kappa shape index (κ3) is 50.9. The fourth-order valence-corrected chi connectivity index (χ4v) is 8.40. The van der Waals surface area contributed by atoms with Crippen molar-refractivity contribution in [3.8, 4) is 0 Å². The fourth-order valence-electron chi connectivity index (χ4n) is 8.40. The summed E-state index contributed by atoms with van der Waals surface area (Å²) in [5.74, 6) is -0.864. The Hall–Kier alpha value is -2.11. The Morgan fingerprint density at radius 3 is 0.906 bits per heavy atom. The second kappa shape index (κ2) is 53.5. The molecule has 0 aliphatic carbocycles. The smallest absolute Gasteiger partial charge is 0.306 e. The highest BCUT2D eigenvalue weighted by molar-refractivity contribution is 5.71. The van der Waals surface area contributed by atoms with Gasteiger partial charge in [0.25, 0.3) is 0 Å². The van der Waals surface area contributed by atoms with Gasteiger partial charge in [-0.2, -0.15) is 0 Å². The minimum Gasteiger partial charge on any atom is -0.462 e. The van der Waals surface area contributed by atoms with Crippen molar-refractivity contribution in [2.45, 2.75) is 316 Å². The van der Waals surface area contributed by atoms with Gasteiger partial charge in [-0.25, -0.2) is 0 Å². The monoisotopic (exact) mass is 901 g/mol. The van der Waals surface area contributed by atoms with Crippen molar-refractivity contribution in [2.24, 2.45) is 0 Å². The zero-order valence-corrected chi connectivity index (χ0v) is 43.1. The molecule has 0 amide bonds. The van der Waals surface area contributed by atoms with Gasteiger partial charge in [0.15, 0.2) is 6.10 Å². The van der Waals surface area contributed by atoms with Gasteiger partial charge >= 0.3 is 17.9 Å². The van der Waals surface area contributed by atoms with Crippen LogP contribution in [0.15, 0.2) is 24.3 Å².